The maximum Gasteiger partial charge on any atom is 0.0891 e. The highest BCUT2D eigenvalue weighted by Crippen LogP contribution is 2.28. The van der Waals surface area contributed by atoms with E-state index in [9.17, 15) is 0 Å². The molecule has 0 bridgehead atoms. The van der Waals surface area contributed by atoms with Crippen LogP contribution >= 0.6 is 0 Å². The molecule has 0 saturated carbocycles. The van der Waals surface area contributed by atoms with Gasteiger partial charge >= 0.3 is 0 Å². The van der Waals surface area contributed by atoms with Gasteiger partial charge in [-0.05, 0) is 17.2 Å². The van der Waals surface area contributed by atoms with E-state index in [2.05, 4.69) is 45.4 Å². The summed E-state index contributed by atoms with van der Waals surface area (Å²) >= 11 is 0. The Labute approximate surface area is 128 Å². The molecule has 0 aliphatic rings. The summed E-state index contributed by atoms with van der Waals surface area (Å²) in [5.74, 6) is 0. The van der Waals surface area contributed by atoms with Gasteiger partial charge < -0.3 is 0 Å². The van der Waals surface area contributed by atoms with Crippen molar-refractivity contribution in [2.75, 3.05) is 0 Å². The number of nitrogens with zero attached hydrogens (tertiary/aromatic N) is 4. The molecule has 22 heavy (non-hydrogen) atoms. The lowest BCUT2D eigenvalue weighted by Gasteiger charge is -2.06. The fraction of sp³-hybridized carbons (Fsp3) is 0.0556. The van der Waals surface area contributed by atoms with Crippen LogP contribution in [0.1, 0.15) is 0 Å². The molecular formula is C18H14N4. The average molecular weight is 286 g/mol. The van der Waals surface area contributed by atoms with E-state index < -0.39 is 0 Å². The Kier molecular flexibility index (Phi) is 2.93. The Morgan fingerprint density at radius 1 is 0.864 bits per heavy atom. The van der Waals surface area contributed by atoms with E-state index in [0.29, 0.717) is 0 Å². The second kappa shape index (κ2) is 5.07. The molecule has 0 amide bonds. The summed E-state index contributed by atoms with van der Waals surface area (Å²) in [7, 11) is 1.92. The van der Waals surface area contributed by atoms with Gasteiger partial charge in [0, 0.05) is 42.2 Å². The van der Waals surface area contributed by atoms with Crippen LogP contribution in [0.25, 0.3) is 33.2 Å². The van der Waals surface area contributed by atoms with E-state index >= 15 is 0 Å². The maximum atomic E-state index is 4.36. The van der Waals surface area contributed by atoms with E-state index in [-0.39, 0.29) is 0 Å². The van der Waals surface area contributed by atoms with Crippen LogP contribution in [0.2, 0.25) is 0 Å². The van der Waals surface area contributed by atoms with Crippen LogP contribution in [-0.4, -0.2) is 19.7 Å². The van der Waals surface area contributed by atoms with E-state index in [1.54, 1.807) is 12.4 Å². The molecule has 1 aromatic carbocycles. The monoisotopic (exact) mass is 286 g/mol. The van der Waals surface area contributed by atoms with Crippen molar-refractivity contribution in [1.82, 2.24) is 19.7 Å². The van der Waals surface area contributed by atoms with Crippen molar-refractivity contribution in [1.29, 1.82) is 0 Å². The highest BCUT2D eigenvalue weighted by molar-refractivity contribution is 5.93. The molecule has 0 atom stereocenters. The average Bonchev–Trinajstić information content (AvgIpc) is 3.01. The molecule has 3 aromatic heterocycles. The fourth-order valence-electron chi connectivity index (χ4n) is 2.64. The molecule has 4 nitrogen and oxygen atoms in total. The van der Waals surface area contributed by atoms with Crippen molar-refractivity contribution >= 4 is 10.9 Å². The van der Waals surface area contributed by atoms with Gasteiger partial charge in [0.25, 0.3) is 0 Å². The van der Waals surface area contributed by atoms with Crippen LogP contribution < -0.4 is 0 Å². The highest BCUT2D eigenvalue weighted by atomic mass is 15.2. The van der Waals surface area contributed by atoms with Crippen LogP contribution in [0.3, 0.4) is 0 Å². The molecule has 0 N–H and O–H groups in total. The van der Waals surface area contributed by atoms with Crippen molar-refractivity contribution in [3.63, 3.8) is 0 Å². The Morgan fingerprint density at radius 3 is 2.45 bits per heavy atom. The zero-order valence-corrected chi connectivity index (χ0v) is 12.1. The minimum Gasteiger partial charge on any atom is -0.275 e. The molecule has 0 radical (unpaired) electrons. The maximum absolute atomic E-state index is 4.36. The highest BCUT2D eigenvalue weighted by Gasteiger charge is 2.06. The zero-order valence-electron chi connectivity index (χ0n) is 12.1. The molecular weight excluding hydrogens is 272 g/mol. The number of pyridine rings is 2. The Balaban J connectivity index is 1.79. The lowest BCUT2D eigenvalue weighted by atomic mass is 10.0. The summed E-state index contributed by atoms with van der Waals surface area (Å²) in [5.41, 5.74) is 5.42. The zero-order chi connectivity index (χ0) is 14.9. The molecule has 0 fully saturated rings. The first kappa shape index (κ1) is 12.7. The molecule has 4 rings (SSSR count). The second-order valence-corrected chi connectivity index (χ2v) is 5.24. The molecule has 106 valence electrons. The lowest BCUT2D eigenvalue weighted by Crippen LogP contribution is -1.86. The summed E-state index contributed by atoms with van der Waals surface area (Å²) < 4.78 is 1.81. The van der Waals surface area contributed by atoms with Crippen LogP contribution in [0.4, 0.5) is 0 Å². The van der Waals surface area contributed by atoms with Gasteiger partial charge in [0.15, 0.2) is 0 Å². The van der Waals surface area contributed by atoms with Crippen LogP contribution in [0, 0.1) is 0 Å². The number of aryl methyl sites for hydroxylation is 1. The fourth-order valence-corrected chi connectivity index (χ4v) is 2.64. The number of hydrogen-bond donors (Lipinski definition) is 0. The molecule has 0 spiro atoms. The predicted molar refractivity (Wildman–Crippen MR) is 87.2 cm³/mol. The minimum absolute atomic E-state index is 0.913. The third-order valence-electron chi connectivity index (χ3n) is 3.76. The molecule has 0 aliphatic carbocycles. The number of benzene rings is 1. The van der Waals surface area contributed by atoms with Crippen molar-refractivity contribution in [2.24, 2.45) is 7.05 Å². The predicted octanol–water partition coefficient (Wildman–Crippen LogP) is 3.70. The van der Waals surface area contributed by atoms with E-state index in [1.165, 1.54) is 0 Å². The van der Waals surface area contributed by atoms with Gasteiger partial charge in [-0.15, -0.1) is 0 Å². The summed E-state index contributed by atoms with van der Waals surface area (Å²) in [6.45, 7) is 0. The van der Waals surface area contributed by atoms with Gasteiger partial charge in [0.05, 0.1) is 17.9 Å². The largest absolute Gasteiger partial charge is 0.275 e. The number of rotatable bonds is 2. The number of hydrogen-bond acceptors (Lipinski definition) is 3. The first-order chi connectivity index (χ1) is 10.8. The first-order valence-corrected chi connectivity index (χ1v) is 7.09. The summed E-state index contributed by atoms with van der Waals surface area (Å²) in [6, 6.07) is 12.5. The van der Waals surface area contributed by atoms with Gasteiger partial charge in [0.2, 0.25) is 0 Å². The molecule has 0 unspecified atom stereocenters. The van der Waals surface area contributed by atoms with E-state index in [1.807, 2.05) is 36.4 Å². The van der Waals surface area contributed by atoms with Gasteiger partial charge in [-0.2, -0.15) is 5.10 Å². The third kappa shape index (κ3) is 2.15. The van der Waals surface area contributed by atoms with E-state index in [4.69, 9.17) is 0 Å². The molecule has 3 heterocycles. The topological polar surface area (TPSA) is 43.6 Å². The third-order valence-corrected chi connectivity index (χ3v) is 3.76. The molecule has 0 saturated heterocycles. The second-order valence-electron chi connectivity index (χ2n) is 5.24. The minimum atomic E-state index is 0.913. The number of fused-ring (bicyclic) bond motifs is 1. The van der Waals surface area contributed by atoms with Crippen molar-refractivity contribution in [3.8, 4) is 22.3 Å². The Morgan fingerprint density at radius 2 is 1.68 bits per heavy atom. The van der Waals surface area contributed by atoms with Crippen molar-refractivity contribution < 1.29 is 0 Å². The van der Waals surface area contributed by atoms with E-state index in [0.717, 1.165) is 33.2 Å². The van der Waals surface area contributed by atoms with Crippen LogP contribution in [0.5, 0.6) is 0 Å². The van der Waals surface area contributed by atoms with Crippen LogP contribution in [-0.2, 0) is 7.05 Å². The smallest absolute Gasteiger partial charge is 0.0891 e. The lowest BCUT2D eigenvalue weighted by molar-refractivity contribution is 0.768. The first-order valence-electron chi connectivity index (χ1n) is 7.09. The Bertz CT molecular complexity index is 933. The summed E-state index contributed by atoms with van der Waals surface area (Å²) in [6.07, 6.45) is 9.36. The van der Waals surface area contributed by atoms with Crippen molar-refractivity contribution in [2.45, 2.75) is 0 Å². The standard InChI is InChI=1S/C18H14N4/c1-22-12-15(9-21-22)13-4-6-14(7-5-13)17-10-19-11-18-16(17)3-2-8-20-18/h2-12H,1H3. The summed E-state index contributed by atoms with van der Waals surface area (Å²) in [4.78, 5) is 8.66. The van der Waals surface area contributed by atoms with Gasteiger partial charge in [-0.3, -0.25) is 14.6 Å². The van der Waals surface area contributed by atoms with Crippen molar-refractivity contribution in [3.05, 3.63) is 67.4 Å². The molecule has 4 aromatic rings. The van der Waals surface area contributed by atoms with Crippen LogP contribution in [0.15, 0.2) is 67.4 Å². The van der Waals surface area contributed by atoms with Gasteiger partial charge in [-0.1, -0.05) is 30.3 Å². The van der Waals surface area contributed by atoms with Gasteiger partial charge in [0.1, 0.15) is 0 Å². The SMILES string of the molecule is Cn1cc(-c2ccc(-c3cncc4ncccc34)cc2)cn1. The van der Waals surface area contributed by atoms with Gasteiger partial charge in [-0.25, -0.2) is 0 Å². The number of aromatic nitrogens is 4. The molecule has 4 heteroatoms. The molecule has 0 aliphatic heterocycles. The summed E-state index contributed by atoms with van der Waals surface area (Å²) in [5, 5.41) is 5.33. The quantitative estimate of drug-likeness (QED) is 0.564. The normalized spacial score (nSPS) is 11.0. The Hall–Kier alpha value is -3.01.